The predicted molar refractivity (Wildman–Crippen MR) is 143 cm³/mol. The zero-order valence-electron chi connectivity index (χ0n) is 22.1. The summed E-state index contributed by atoms with van der Waals surface area (Å²) in [4.78, 5) is 13.3. The number of carbonyl (C=O) groups is 1. The van der Waals surface area contributed by atoms with Crippen LogP contribution >= 0.6 is 0 Å². The molecular weight excluding hydrogens is 424 g/mol. The Morgan fingerprint density at radius 3 is 2.24 bits per heavy atom. The second-order valence-electron chi connectivity index (χ2n) is 10.1. The van der Waals surface area contributed by atoms with Gasteiger partial charge in [0.2, 0.25) is 5.91 Å². The molecule has 0 bridgehead atoms. The number of allylic oxidation sites excluding steroid dienone is 8. The molecule has 1 rings (SSSR count). The van der Waals surface area contributed by atoms with Gasteiger partial charge in [-0.15, -0.1) is 0 Å². The molecule has 1 amide bonds. The van der Waals surface area contributed by atoms with Crippen LogP contribution in [0.4, 0.5) is 0 Å². The van der Waals surface area contributed by atoms with Crippen molar-refractivity contribution < 1.29 is 19.5 Å². The molecule has 0 aromatic heterocycles. The van der Waals surface area contributed by atoms with E-state index in [0.29, 0.717) is 6.42 Å². The lowest BCUT2D eigenvalue weighted by atomic mass is 9.86. The highest BCUT2D eigenvalue weighted by Crippen LogP contribution is 2.24. The molecule has 5 nitrogen and oxygen atoms in total. The van der Waals surface area contributed by atoms with Gasteiger partial charge in [-0.2, -0.15) is 0 Å². The molecule has 5 heteroatoms. The van der Waals surface area contributed by atoms with E-state index in [-0.39, 0.29) is 24.0 Å². The van der Waals surface area contributed by atoms with Crippen molar-refractivity contribution in [1.82, 2.24) is 5.32 Å². The van der Waals surface area contributed by atoms with Crippen LogP contribution in [0.3, 0.4) is 0 Å². The molecule has 1 aliphatic heterocycles. The fraction of sp³-hybridized carbons (Fsp3) is 0.690. The molecule has 0 aromatic carbocycles. The Bertz CT molecular complexity index is 631. The summed E-state index contributed by atoms with van der Waals surface area (Å²) in [6.07, 6.45) is 26.9. The van der Waals surface area contributed by atoms with E-state index in [2.05, 4.69) is 67.8 Å². The van der Waals surface area contributed by atoms with Gasteiger partial charge in [-0.1, -0.05) is 62.5 Å². The Labute approximate surface area is 209 Å². The fourth-order valence-corrected chi connectivity index (χ4v) is 3.94. The van der Waals surface area contributed by atoms with Gasteiger partial charge in [0.25, 0.3) is 0 Å². The molecule has 3 N–H and O–H groups in total. The first-order chi connectivity index (χ1) is 16.4. The number of hydrogen-bond donors (Lipinski definition) is 3. The van der Waals surface area contributed by atoms with Crippen molar-refractivity contribution >= 4 is 5.91 Å². The Morgan fingerprint density at radius 2 is 1.59 bits per heavy atom. The first-order valence-electron chi connectivity index (χ1n) is 13.4. The molecular formula is C29H51N2O3+. The van der Waals surface area contributed by atoms with E-state index >= 15 is 0 Å². The van der Waals surface area contributed by atoms with Crippen molar-refractivity contribution in [3.8, 4) is 0 Å². The van der Waals surface area contributed by atoms with Gasteiger partial charge in [0.1, 0.15) is 13.1 Å². The van der Waals surface area contributed by atoms with Crippen LogP contribution in [-0.2, 0) is 9.53 Å². The number of quaternary nitrogens is 1. The maximum absolute atomic E-state index is 11.6. The van der Waals surface area contributed by atoms with Crippen molar-refractivity contribution in [3.05, 3.63) is 48.6 Å². The van der Waals surface area contributed by atoms with Gasteiger partial charge in [0.05, 0.1) is 26.4 Å². The number of aliphatic hydroxyl groups excluding tert-OH is 1. The summed E-state index contributed by atoms with van der Waals surface area (Å²) in [5, 5.41) is 11.7. The number of morpholine rings is 1. The lowest BCUT2D eigenvalue weighted by Gasteiger charge is -2.24. The van der Waals surface area contributed by atoms with Crippen LogP contribution < -0.4 is 10.2 Å². The van der Waals surface area contributed by atoms with Crippen LogP contribution in [0.15, 0.2) is 48.6 Å². The Hall–Kier alpha value is -1.69. The summed E-state index contributed by atoms with van der Waals surface area (Å²) >= 11 is 0. The quantitative estimate of drug-likeness (QED) is 0.206. The van der Waals surface area contributed by atoms with Gasteiger partial charge in [0, 0.05) is 12.5 Å². The molecule has 34 heavy (non-hydrogen) atoms. The molecule has 0 unspecified atom stereocenters. The van der Waals surface area contributed by atoms with Gasteiger partial charge < -0.3 is 20.1 Å². The Morgan fingerprint density at radius 1 is 0.971 bits per heavy atom. The van der Waals surface area contributed by atoms with E-state index in [1.165, 1.54) is 38.9 Å². The average molecular weight is 476 g/mol. The third-order valence-electron chi connectivity index (χ3n) is 6.14. The number of nitrogens with one attached hydrogen (secondary N) is 2. The Kier molecular flexibility index (Phi) is 17.5. The van der Waals surface area contributed by atoms with Crippen LogP contribution in [0, 0.1) is 5.41 Å². The number of aliphatic hydroxyl groups is 1. The van der Waals surface area contributed by atoms with Crippen molar-refractivity contribution in [2.45, 2.75) is 84.6 Å². The molecule has 0 aliphatic carbocycles. The van der Waals surface area contributed by atoms with Crippen molar-refractivity contribution in [2.24, 2.45) is 5.41 Å². The van der Waals surface area contributed by atoms with Gasteiger partial charge in [-0.3, -0.25) is 4.79 Å². The number of rotatable bonds is 18. The van der Waals surface area contributed by atoms with Crippen LogP contribution in [-0.4, -0.2) is 56.5 Å². The minimum Gasteiger partial charge on any atom is -0.394 e. The van der Waals surface area contributed by atoms with Crippen molar-refractivity contribution in [2.75, 3.05) is 39.5 Å². The normalized spacial score (nSPS) is 16.9. The van der Waals surface area contributed by atoms with Gasteiger partial charge in [-0.05, 0) is 63.7 Å². The maximum Gasteiger partial charge on any atom is 0.220 e. The fourth-order valence-electron chi connectivity index (χ4n) is 3.94. The molecule has 1 saturated heterocycles. The molecule has 0 aromatic rings. The average Bonchev–Trinajstić information content (AvgIpc) is 2.82. The summed E-state index contributed by atoms with van der Waals surface area (Å²) in [6, 6.07) is -0.160. The molecule has 1 aliphatic rings. The highest BCUT2D eigenvalue weighted by molar-refractivity contribution is 5.76. The molecule has 1 fully saturated rings. The van der Waals surface area contributed by atoms with E-state index in [1.54, 1.807) is 11.8 Å². The number of amides is 1. The number of ether oxygens (including phenoxy) is 1. The second-order valence-corrected chi connectivity index (χ2v) is 10.1. The third-order valence-corrected chi connectivity index (χ3v) is 6.14. The van der Waals surface area contributed by atoms with E-state index in [9.17, 15) is 4.79 Å². The summed E-state index contributed by atoms with van der Waals surface area (Å²) < 4.78 is 5.43. The summed E-state index contributed by atoms with van der Waals surface area (Å²) in [5.41, 5.74) is 0.280. The minimum atomic E-state index is -0.160. The van der Waals surface area contributed by atoms with Crippen LogP contribution in [0.1, 0.15) is 78.6 Å². The minimum absolute atomic E-state index is 0.0142. The van der Waals surface area contributed by atoms with Crippen LogP contribution in [0.5, 0.6) is 0 Å². The van der Waals surface area contributed by atoms with Crippen molar-refractivity contribution in [3.63, 3.8) is 0 Å². The van der Waals surface area contributed by atoms with Gasteiger partial charge >= 0.3 is 0 Å². The van der Waals surface area contributed by atoms with E-state index in [4.69, 9.17) is 9.84 Å². The molecule has 1 atom stereocenters. The predicted octanol–water partition coefficient (Wildman–Crippen LogP) is 4.16. The lowest BCUT2D eigenvalue weighted by molar-refractivity contribution is -0.908. The largest absolute Gasteiger partial charge is 0.394 e. The summed E-state index contributed by atoms with van der Waals surface area (Å²) in [6.45, 7) is 12.0. The number of carbonyl (C=O) groups excluding carboxylic acids is 1. The van der Waals surface area contributed by atoms with Crippen LogP contribution in [0.2, 0.25) is 0 Å². The summed E-state index contributed by atoms with van der Waals surface area (Å²) in [5.74, 6) is 0.0142. The van der Waals surface area contributed by atoms with E-state index < -0.39 is 0 Å². The SMILES string of the molecule is C[C@H](CO)NC(=O)CCC/C=C\C/C=C\C/C=C\C/C=C\C(C)(C)CCCC[NH+]1CCOCC1. The highest BCUT2D eigenvalue weighted by Gasteiger charge is 2.16. The molecule has 194 valence electrons. The number of unbranched alkanes of at least 4 members (excludes halogenated alkanes) is 2. The van der Waals surface area contributed by atoms with Crippen molar-refractivity contribution in [1.29, 1.82) is 0 Å². The highest BCUT2D eigenvalue weighted by atomic mass is 16.5. The monoisotopic (exact) mass is 475 g/mol. The smallest absolute Gasteiger partial charge is 0.220 e. The zero-order chi connectivity index (χ0) is 24.9. The third kappa shape index (κ3) is 17.7. The molecule has 0 saturated carbocycles. The number of hydrogen-bond acceptors (Lipinski definition) is 3. The van der Waals surface area contributed by atoms with Crippen LogP contribution in [0.25, 0.3) is 0 Å². The van der Waals surface area contributed by atoms with Gasteiger partial charge in [-0.25, -0.2) is 0 Å². The second kappa shape index (κ2) is 19.6. The first-order valence-corrected chi connectivity index (χ1v) is 13.4. The van der Waals surface area contributed by atoms with Gasteiger partial charge in [0.15, 0.2) is 0 Å². The topological polar surface area (TPSA) is 63.0 Å². The molecule has 0 spiro atoms. The van der Waals surface area contributed by atoms with E-state index in [1.807, 2.05) is 0 Å². The lowest BCUT2D eigenvalue weighted by Crippen LogP contribution is -3.14. The standard InChI is InChI=1S/C29H50N2O3/c1-27(26-32)30-28(33)18-14-12-10-8-6-4-5-7-9-11-13-15-19-29(2,3)20-16-17-21-31-22-24-34-25-23-31/h4-5,8-11,15,19,27,32H,6-7,12-14,16-18,20-26H2,1-3H3,(H,30,33)/p+1/b5-4-,10-8-,11-9-,19-15-/t27-/m1/s1. The molecule has 0 radical (unpaired) electrons. The van der Waals surface area contributed by atoms with E-state index in [0.717, 1.165) is 45.3 Å². The Balaban J connectivity index is 2.01. The maximum atomic E-state index is 11.6. The molecule has 1 heterocycles. The summed E-state index contributed by atoms with van der Waals surface area (Å²) in [7, 11) is 0. The zero-order valence-corrected chi connectivity index (χ0v) is 22.1. The first kappa shape index (κ1) is 30.3.